The Kier molecular flexibility index (Phi) is 4.21. The molecule has 1 N–H and O–H groups in total. The molecule has 5 rings (SSSR count). The number of ether oxygens (including phenoxy) is 1. The number of H-pyrrole nitrogens is 1. The van der Waals surface area contributed by atoms with Crippen molar-refractivity contribution in [3.05, 3.63) is 36.8 Å². The number of nitrogens with one attached hydrogen (secondary N) is 1. The highest BCUT2D eigenvalue weighted by molar-refractivity contribution is 5.88. The molecule has 4 aromatic rings. The number of pyridine rings is 1. The van der Waals surface area contributed by atoms with E-state index < -0.39 is 0 Å². The molecule has 1 aliphatic heterocycles. The number of nitrogens with zero attached hydrogens (tertiary/aromatic N) is 7. The molecule has 28 heavy (non-hydrogen) atoms. The van der Waals surface area contributed by atoms with Crippen LogP contribution in [0.2, 0.25) is 0 Å². The third-order valence-corrected chi connectivity index (χ3v) is 4.88. The van der Waals surface area contributed by atoms with Crippen LogP contribution in [0.4, 0.5) is 5.82 Å². The highest BCUT2D eigenvalue weighted by atomic mass is 16.5. The SMILES string of the molecule is CCn1c(-c2ccncc2)nc2c(N3CCOCC3)nc(-c3ccn[nH]3)nc21. The maximum Gasteiger partial charge on any atom is 0.181 e. The molecule has 9 heteroatoms. The third-order valence-electron chi connectivity index (χ3n) is 4.88. The first kappa shape index (κ1) is 16.8. The molecular weight excluding hydrogens is 356 g/mol. The Morgan fingerprint density at radius 3 is 2.57 bits per heavy atom. The number of morpholine rings is 1. The maximum absolute atomic E-state index is 5.52. The van der Waals surface area contributed by atoms with Gasteiger partial charge < -0.3 is 14.2 Å². The lowest BCUT2D eigenvalue weighted by Gasteiger charge is -2.28. The molecule has 0 unspecified atom stereocenters. The van der Waals surface area contributed by atoms with E-state index in [0.717, 1.165) is 53.7 Å². The van der Waals surface area contributed by atoms with Crippen LogP contribution in [0, 0.1) is 0 Å². The van der Waals surface area contributed by atoms with Crippen LogP contribution >= 0.6 is 0 Å². The van der Waals surface area contributed by atoms with Gasteiger partial charge in [-0.3, -0.25) is 10.1 Å². The number of imidazole rings is 1. The second kappa shape index (κ2) is 7.01. The van der Waals surface area contributed by atoms with Crippen LogP contribution < -0.4 is 4.90 Å². The van der Waals surface area contributed by atoms with E-state index in [1.807, 2.05) is 18.2 Å². The Hall–Kier alpha value is -3.33. The molecule has 0 atom stereocenters. The molecule has 9 nitrogen and oxygen atoms in total. The third kappa shape index (κ3) is 2.80. The van der Waals surface area contributed by atoms with Gasteiger partial charge in [-0.1, -0.05) is 0 Å². The van der Waals surface area contributed by atoms with Gasteiger partial charge in [0.25, 0.3) is 0 Å². The fourth-order valence-electron chi connectivity index (χ4n) is 3.50. The van der Waals surface area contributed by atoms with Crippen molar-refractivity contribution >= 4 is 17.0 Å². The summed E-state index contributed by atoms with van der Waals surface area (Å²) in [6.45, 7) is 5.75. The van der Waals surface area contributed by atoms with Crippen LogP contribution in [0.25, 0.3) is 34.1 Å². The summed E-state index contributed by atoms with van der Waals surface area (Å²) in [6.07, 6.45) is 5.26. The monoisotopic (exact) mass is 376 g/mol. The van der Waals surface area contributed by atoms with Crippen LogP contribution in [0.15, 0.2) is 36.8 Å². The van der Waals surface area contributed by atoms with E-state index in [1.165, 1.54) is 0 Å². The number of aromatic amines is 1. The predicted molar refractivity (Wildman–Crippen MR) is 105 cm³/mol. The summed E-state index contributed by atoms with van der Waals surface area (Å²) >= 11 is 0. The fourth-order valence-corrected chi connectivity index (χ4v) is 3.50. The van der Waals surface area contributed by atoms with E-state index in [1.54, 1.807) is 18.6 Å². The highest BCUT2D eigenvalue weighted by Crippen LogP contribution is 2.31. The average Bonchev–Trinajstić information content (AvgIpc) is 3.42. The Morgan fingerprint density at radius 1 is 1.04 bits per heavy atom. The van der Waals surface area contributed by atoms with E-state index in [2.05, 4.69) is 31.6 Å². The molecule has 0 radical (unpaired) electrons. The zero-order valence-corrected chi connectivity index (χ0v) is 15.5. The minimum Gasteiger partial charge on any atom is -0.378 e. The zero-order valence-electron chi connectivity index (χ0n) is 15.5. The van der Waals surface area contributed by atoms with E-state index in [9.17, 15) is 0 Å². The average molecular weight is 376 g/mol. The summed E-state index contributed by atoms with van der Waals surface area (Å²) in [6, 6.07) is 5.80. The van der Waals surface area contributed by atoms with Crippen molar-refractivity contribution in [2.45, 2.75) is 13.5 Å². The molecule has 0 aliphatic carbocycles. The first-order valence-electron chi connectivity index (χ1n) is 9.36. The second-order valence-electron chi connectivity index (χ2n) is 6.53. The Morgan fingerprint density at radius 2 is 1.86 bits per heavy atom. The topological polar surface area (TPSA) is 97.6 Å². The van der Waals surface area contributed by atoms with Gasteiger partial charge in [0, 0.05) is 43.8 Å². The predicted octanol–water partition coefficient (Wildman–Crippen LogP) is 2.13. The number of rotatable bonds is 4. The van der Waals surface area contributed by atoms with E-state index >= 15 is 0 Å². The van der Waals surface area contributed by atoms with Crippen molar-refractivity contribution in [2.75, 3.05) is 31.2 Å². The molecule has 0 bridgehead atoms. The molecule has 1 aliphatic rings. The Bertz CT molecular complexity index is 1080. The normalized spacial score (nSPS) is 14.7. The van der Waals surface area contributed by atoms with Gasteiger partial charge in [-0.15, -0.1) is 0 Å². The molecule has 1 saturated heterocycles. The van der Waals surface area contributed by atoms with Crippen molar-refractivity contribution in [2.24, 2.45) is 0 Å². The maximum atomic E-state index is 5.52. The second-order valence-corrected chi connectivity index (χ2v) is 6.53. The van der Waals surface area contributed by atoms with E-state index in [-0.39, 0.29) is 0 Å². The molecule has 0 amide bonds. The molecule has 5 heterocycles. The number of hydrogen-bond acceptors (Lipinski definition) is 7. The van der Waals surface area contributed by atoms with E-state index in [4.69, 9.17) is 19.7 Å². The highest BCUT2D eigenvalue weighted by Gasteiger charge is 2.23. The number of aryl methyl sites for hydroxylation is 1. The lowest BCUT2D eigenvalue weighted by atomic mass is 10.2. The first-order valence-corrected chi connectivity index (χ1v) is 9.36. The number of fused-ring (bicyclic) bond motifs is 1. The van der Waals surface area contributed by atoms with Crippen LogP contribution in [-0.2, 0) is 11.3 Å². The molecule has 142 valence electrons. The van der Waals surface area contributed by atoms with Crippen LogP contribution in [-0.4, -0.2) is 61.0 Å². The van der Waals surface area contributed by atoms with Gasteiger partial charge in [0.1, 0.15) is 11.5 Å². The summed E-state index contributed by atoms with van der Waals surface area (Å²) in [5.41, 5.74) is 3.41. The van der Waals surface area contributed by atoms with Gasteiger partial charge in [0.2, 0.25) is 0 Å². The Labute approximate surface area is 161 Å². The summed E-state index contributed by atoms with van der Waals surface area (Å²) < 4.78 is 7.64. The minimum absolute atomic E-state index is 0.613. The van der Waals surface area contributed by atoms with Gasteiger partial charge >= 0.3 is 0 Å². The molecule has 0 spiro atoms. The van der Waals surface area contributed by atoms with Gasteiger partial charge in [0.05, 0.1) is 13.2 Å². The van der Waals surface area contributed by atoms with Crippen molar-refractivity contribution in [3.63, 3.8) is 0 Å². The van der Waals surface area contributed by atoms with Crippen molar-refractivity contribution in [3.8, 4) is 22.9 Å². The smallest absolute Gasteiger partial charge is 0.181 e. The lowest BCUT2D eigenvalue weighted by molar-refractivity contribution is 0.122. The van der Waals surface area contributed by atoms with Crippen molar-refractivity contribution in [1.82, 2.24) is 34.7 Å². The van der Waals surface area contributed by atoms with Gasteiger partial charge in [-0.25, -0.2) is 15.0 Å². The molecule has 0 saturated carbocycles. The summed E-state index contributed by atoms with van der Waals surface area (Å²) in [5, 5.41) is 7.02. The van der Waals surface area contributed by atoms with Crippen molar-refractivity contribution < 1.29 is 4.74 Å². The van der Waals surface area contributed by atoms with Gasteiger partial charge in [0.15, 0.2) is 22.8 Å². The summed E-state index contributed by atoms with van der Waals surface area (Å²) in [4.78, 5) is 21.0. The first-order chi connectivity index (χ1) is 13.8. The van der Waals surface area contributed by atoms with Crippen LogP contribution in [0.1, 0.15) is 6.92 Å². The van der Waals surface area contributed by atoms with Crippen LogP contribution in [0.3, 0.4) is 0 Å². The standard InChI is InChI=1S/C19H20N8O/c1-2-27-17(13-3-6-20-7-4-13)22-15-18(26-9-11-28-12-10-26)23-16(24-19(15)27)14-5-8-21-25-14/h3-8H,2,9-12H2,1H3,(H,21,25). The fraction of sp³-hybridized carbons (Fsp3) is 0.316. The molecular formula is C19H20N8O. The number of hydrogen-bond donors (Lipinski definition) is 1. The van der Waals surface area contributed by atoms with Gasteiger partial charge in [-0.05, 0) is 25.1 Å². The summed E-state index contributed by atoms with van der Waals surface area (Å²) in [5.74, 6) is 2.31. The lowest BCUT2D eigenvalue weighted by Crippen LogP contribution is -2.37. The largest absolute Gasteiger partial charge is 0.378 e. The van der Waals surface area contributed by atoms with Crippen LogP contribution in [0.5, 0.6) is 0 Å². The number of anilines is 1. The summed E-state index contributed by atoms with van der Waals surface area (Å²) in [7, 11) is 0. The Balaban J connectivity index is 1.77. The van der Waals surface area contributed by atoms with Gasteiger partial charge in [-0.2, -0.15) is 5.10 Å². The molecule has 1 fully saturated rings. The minimum atomic E-state index is 0.613. The van der Waals surface area contributed by atoms with Crippen molar-refractivity contribution in [1.29, 1.82) is 0 Å². The molecule has 0 aromatic carbocycles. The molecule has 4 aromatic heterocycles. The number of aromatic nitrogens is 7. The zero-order chi connectivity index (χ0) is 18.9. The quantitative estimate of drug-likeness (QED) is 0.583. The van der Waals surface area contributed by atoms with E-state index in [0.29, 0.717) is 19.0 Å².